The third kappa shape index (κ3) is 1.76. The smallest absolute Gasteiger partial charge is 0.0715 e. The Hall–Kier alpha value is -1.61. The maximum absolute atomic E-state index is 6.37. The predicted molar refractivity (Wildman–Crippen MR) is 67.7 cm³/mol. The molecule has 2 N–H and O–H groups in total. The lowest BCUT2D eigenvalue weighted by atomic mass is 9.85. The van der Waals surface area contributed by atoms with Crippen molar-refractivity contribution in [2.24, 2.45) is 5.73 Å². The van der Waals surface area contributed by atoms with E-state index >= 15 is 0 Å². The zero-order chi connectivity index (χ0) is 11.8. The molecule has 2 aromatic rings. The highest BCUT2D eigenvalue weighted by atomic mass is 15.3. The van der Waals surface area contributed by atoms with Crippen molar-refractivity contribution >= 4 is 0 Å². The maximum atomic E-state index is 6.37. The van der Waals surface area contributed by atoms with Gasteiger partial charge in [-0.1, -0.05) is 24.3 Å². The molecule has 0 saturated heterocycles. The molecule has 17 heavy (non-hydrogen) atoms. The van der Waals surface area contributed by atoms with Gasteiger partial charge in [0.15, 0.2) is 0 Å². The summed E-state index contributed by atoms with van der Waals surface area (Å²) in [4.78, 5) is 0. The zero-order valence-corrected chi connectivity index (χ0v) is 10.0. The molecule has 2 unspecified atom stereocenters. The van der Waals surface area contributed by atoms with Crippen LogP contribution in [0.4, 0.5) is 0 Å². The minimum absolute atomic E-state index is 0.0549. The van der Waals surface area contributed by atoms with Gasteiger partial charge < -0.3 is 5.73 Å². The Morgan fingerprint density at radius 1 is 1.29 bits per heavy atom. The first-order valence-corrected chi connectivity index (χ1v) is 6.11. The lowest BCUT2D eigenvalue weighted by Crippen LogP contribution is -2.30. The van der Waals surface area contributed by atoms with Crippen LogP contribution in [0.15, 0.2) is 36.5 Å². The molecule has 0 bridgehead atoms. The molecule has 1 aromatic heterocycles. The molecule has 3 rings (SSSR count). The average Bonchev–Trinajstić information content (AvgIpc) is 2.77. The van der Waals surface area contributed by atoms with E-state index in [0.29, 0.717) is 6.04 Å². The fourth-order valence-electron chi connectivity index (χ4n) is 2.69. The van der Waals surface area contributed by atoms with Crippen molar-refractivity contribution in [2.45, 2.75) is 31.8 Å². The van der Waals surface area contributed by atoms with Crippen molar-refractivity contribution in [3.05, 3.63) is 53.3 Å². The molecule has 1 aromatic carbocycles. The van der Waals surface area contributed by atoms with Crippen molar-refractivity contribution in [1.29, 1.82) is 0 Å². The monoisotopic (exact) mass is 227 g/mol. The van der Waals surface area contributed by atoms with Gasteiger partial charge in [-0.15, -0.1) is 0 Å². The number of aromatic nitrogens is 2. The summed E-state index contributed by atoms with van der Waals surface area (Å²) in [6.45, 7) is 2.01. The number of nitrogens with zero attached hydrogens (tertiary/aromatic N) is 2. The Labute approximate surface area is 101 Å². The second kappa shape index (κ2) is 4.00. The molecule has 3 heteroatoms. The Morgan fingerprint density at radius 3 is 2.88 bits per heavy atom. The van der Waals surface area contributed by atoms with E-state index in [1.54, 1.807) is 0 Å². The van der Waals surface area contributed by atoms with Gasteiger partial charge in [0.2, 0.25) is 0 Å². The molecule has 3 nitrogen and oxygen atoms in total. The number of benzene rings is 1. The quantitative estimate of drug-likeness (QED) is 0.813. The second-order valence-electron chi connectivity index (χ2n) is 4.77. The van der Waals surface area contributed by atoms with Crippen molar-refractivity contribution in [1.82, 2.24) is 9.78 Å². The Morgan fingerprint density at radius 2 is 2.12 bits per heavy atom. The highest BCUT2D eigenvalue weighted by molar-refractivity contribution is 5.33. The average molecular weight is 227 g/mol. The van der Waals surface area contributed by atoms with Gasteiger partial charge >= 0.3 is 0 Å². The van der Waals surface area contributed by atoms with Crippen LogP contribution in [0.1, 0.15) is 35.3 Å². The van der Waals surface area contributed by atoms with Gasteiger partial charge in [0.25, 0.3) is 0 Å². The number of aryl methyl sites for hydroxylation is 2. The second-order valence-corrected chi connectivity index (χ2v) is 4.77. The summed E-state index contributed by atoms with van der Waals surface area (Å²) in [6.07, 6.45) is 4.19. The highest BCUT2D eigenvalue weighted by Gasteiger charge is 2.27. The summed E-state index contributed by atoms with van der Waals surface area (Å²) in [5, 5.41) is 4.49. The van der Waals surface area contributed by atoms with Gasteiger partial charge in [-0.2, -0.15) is 5.10 Å². The summed E-state index contributed by atoms with van der Waals surface area (Å²) < 4.78 is 2.02. The fraction of sp³-hybridized carbons (Fsp3) is 0.357. The van der Waals surface area contributed by atoms with Crippen molar-refractivity contribution in [3.8, 4) is 0 Å². The van der Waals surface area contributed by atoms with E-state index < -0.39 is 0 Å². The molecule has 2 atom stereocenters. The lowest BCUT2D eigenvalue weighted by molar-refractivity contribution is 0.341. The largest absolute Gasteiger partial charge is 0.322 e. The van der Waals surface area contributed by atoms with Crippen LogP contribution in [-0.4, -0.2) is 9.78 Å². The molecular formula is C14H17N3. The molecule has 0 amide bonds. The van der Waals surface area contributed by atoms with Crippen LogP contribution in [0.2, 0.25) is 0 Å². The topological polar surface area (TPSA) is 43.8 Å². The molecular weight excluding hydrogens is 210 g/mol. The van der Waals surface area contributed by atoms with Crippen LogP contribution in [0.5, 0.6) is 0 Å². The number of hydrogen-bond acceptors (Lipinski definition) is 2. The van der Waals surface area contributed by atoms with Gasteiger partial charge in [0.1, 0.15) is 0 Å². The number of fused-ring (bicyclic) bond motifs is 1. The Balaban J connectivity index is 1.96. The highest BCUT2D eigenvalue weighted by Crippen LogP contribution is 2.35. The van der Waals surface area contributed by atoms with Crippen LogP contribution in [0, 0.1) is 6.92 Å². The summed E-state index contributed by atoms with van der Waals surface area (Å²) in [7, 11) is 0. The Kier molecular flexibility index (Phi) is 2.48. The molecule has 1 heterocycles. The molecule has 0 fully saturated rings. The molecule has 1 aliphatic rings. The summed E-state index contributed by atoms with van der Waals surface area (Å²) in [5.74, 6) is 0. The molecule has 0 spiro atoms. The Bertz CT molecular complexity index is 530. The van der Waals surface area contributed by atoms with E-state index in [2.05, 4.69) is 29.4 Å². The first-order valence-electron chi connectivity index (χ1n) is 6.11. The third-order valence-electron chi connectivity index (χ3n) is 3.62. The molecule has 0 radical (unpaired) electrons. The summed E-state index contributed by atoms with van der Waals surface area (Å²) in [5.41, 5.74) is 10.1. The molecule has 1 aliphatic carbocycles. The molecule has 88 valence electrons. The van der Waals surface area contributed by atoms with Crippen molar-refractivity contribution < 1.29 is 0 Å². The first kappa shape index (κ1) is 10.5. The van der Waals surface area contributed by atoms with Gasteiger partial charge in [-0.25, -0.2) is 0 Å². The van der Waals surface area contributed by atoms with Crippen LogP contribution < -0.4 is 5.73 Å². The number of nitrogens with two attached hydrogens (primary N) is 1. The molecule has 0 aliphatic heterocycles. The third-order valence-corrected chi connectivity index (χ3v) is 3.62. The first-order chi connectivity index (χ1) is 8.25. The van der Waals surface area contributed by atoms with Crippen LogP contribution in [0.25, 0.3) is 0 Å². The number of rotatable bonds is 1. The van der Waals surface area contributed by atoms with Crippen LogP contribution in [0.3, 0.4) is 0 Å². The minimum Gasteiger partial charge on any atom is -0.322 e. The van der Waals surface area contributed by atoms with E-state index in [-0.39, 0.29) is 6.04 Å². The van der Waals surface area contributed by atoms with Crippen molar-refractivity contribution in [2.75, 3.05) is 0 Å². The predicted octanol–water partition coefficient (Wildman–Crippen LogP) is 2.38. The van der Waals surface area contributed by atoms with E-state index in [4.69, 9.17) is 5.73 Å². The zero-order valence-electron chi connectivity index (χ0n) is 10.0. The van der Waals surface area contributed by atoms with Gasteiger partial charge in [0.05, 0.1) is 17.8 Å². The van der Waals surface area contributed by atoms with Crippen LogP contribution in [-0.2, 0) is 6.42 Å². The summed E-state index contributed by atoms with van der Waals surface area (Å²) in [6, 6.07) is 10.9. The lowest BCUT2D eigenvalue weighted by Gasteiger charge is -2.31. The molecule has 0 saturated carbocycles. The SMILES string of the molecule is Cc1ccn(C2CCc3ccccc3C2N)n1. The van der Waals surface area contributed by atoms with E-state index in [9.17, 15) is 0 Å². The standard InChI is InChI=1S/C14H17N3/c1-10-8-9-17(16-10)13-7-6-11-4-2-3-5-12(11)14(13)15/h2-5,8-9,13-14H,6-7,15H2,1H3. The minimum atomic E-state index is 0.0549. The van der Waals surface area contributed by atoms with Gasteiger partial charge in [-0.05, 0) is 37.0 Å². The normalized spacial score (nSPS) is 23.4. The van der Waals surface area contributed by atoms with E-state index in [0.717, 1.165) is 18.5 Å². The van der Waals surface area contributed by atoms with Crippen molar-refractivity contribution in [3.63, 3.8) is 0 Å². The van der Waals surface area contributed by atoms with Gasteiger partial charge in [-0.3, -0.25) is 4.68 Å². The van der Waals surface area contributed by atoms with Gasteiger partial charge in [0, 0.05) is 6.20 Å². The van der Waals surface area contributed by atoms with E-state index in [1.165, 1.54) is 11.1 Å². The summed E-state index contributed by atoms with van der Waals surface area (Å²) >= 11 is 0. The fourth-order valence-corrected chi connectivity index (χ4v) is 2.69. The maximum Gasteiger partial charge on any atom is 0.0715 e. The van der Waals surface area contributed by atoms with E-state index in [1.807, 2.05) is 23.9 Å². The number of hydrogen-bond donors (Lipinski definition) is 1. The van der Waals surface area contributed by atoms with Crippen LogP contribution >= 0.6 is 0 Å².